The van der Waals surface area contributed by atoms with Crippen LogP contribution < -0.4 is 16.0 Å². The van der Waals surface area contributed by atoms with Gasteiger partial charge in [-0.25, -0.2) is 0 Å². The Bertz CT molecular complexity index is 1280. The molecule has 15 nitrogen and oxygen atoms in total. The zero-order chi connectivity index (χ0) is 31.9. The number of amides is 5. The van der Waals surface area contributed by atoms with Crippen molar-refractivity contribution in [2.24, 2.45) is 0 Å². The number of nitro benzene ring substituents is 1. The smallest absolute Gasteiger partial charge is 0.269 e. The number of benzene rings is 1. The van der Waals surface area contributed by atoms with Crippen LogP contribution in [0.25, 0.3) is 0 Å². The average molecular weight is 621 g/mol. The summed E-state index contributed by atoms with van der Waals surface area (Å²) in [5.41, 5.74) is -1.77. The van der Waals surface area contributed by atoms with Gasteiger partial charge >= 0.3 is 0 Å². The largest absolute Gasteiger partial charge is 0.342 e. The van der Waals surface area contributed by atoms with Crippen LogP contribution in [0, 0.1) is 10.1 Å². The van der Waals surface area contributed by atoms with E-state index >= 15 is 0 Å². The summed E-state index contributed by atoms with van der Waals surface area (Å²) < 4.78 is 0. The van der Waals surface area contributed by atoms with Crippen LogP contribution in [0.3, 0.4) is 0 Å². The van der Waals surface area contributed by atoms with Gasteiger partial charge in [-0.05, 0) is 57.3 Å². The number of nitrogens with zero attached hydrogens (tertiary/aromatic N) is 3. The van der Waals surface area contributed by atoms with Crippen molar-refractivity contribution >= 4 is 58.5 Å². The Balaban J connectivity index is 1.68. The predicted molar refractivity (Wildman–Crippen MR) is 155 cm³/mol. The molecule has 0 spiro atoms. The van der Waals surface area contributed by atoms with Gasteiger partial charge in [-0.3, -0.25) is 43.7 Å². The van der Waals surface area contributed by atoms with Gasteiger partial charge in [-0.1, -0.05) is 0 Å². The monoisotopic (exact) mass is 620 g/mol. The zero-order valence-electron chi connectivity index (χ0n) is 24.4. The molecule has 16 heteroatoms. The highest BCUT2D eigenvalue weighted by atomic mass is 32.2. The minimum absolute atomic E-state index is 0.0988. The first kappa shape index (κ1) is 33.5. The number of thioether (sulfide) groups is 1. The number of carbonyl (C=O) groups excluding carboxylic acids is 6. The van der Waals surface area contributed by atoms with Crippen LogP contribution in [0.4, 0.5) is 11.4 Å². The maximum atomic E-state index is 13.4. The molecule has 2 aliphatic rings. The molecule has 5 amide bonds. The Hall–Kier alpha value is -4.05. The molecule has 3 N–H and O–H groups in total. The molecule has 2 fully saturated rings. The van der Waals surface area contributed by atoms with Crippen molar-refractivity contribution in [1.29, 1.82) is 0 Å². The van der Waals surface area contributed by atoms with Gasteiger partial charge in [0.2, 0.25) is 29.2 Å². The van der Waals surface area contributed by atoms with Gasteiger partial charge in [0.05, 0.1) is 12.0 Å². The Labute approximate surface area is 252 Å². The topological polar surface area (TPSA) is 197 Å². The third-order valence-corrected chi connectivity index (χ3v) is 8.16. The van der Waals surface area contributed by atoms with E-state index in [0.717, 1.165) is 0 Å². The highest BCUT2D eigenvalue weighted by molar-refractivity contribution is 7.98. The number of hydrogen-bond acceptors (Lipinski definition) is 10. The second kappa shape index (κ2) is 14.4. The van der Waals surface area contributed by atoms with E-state index in [1.54, 1.807) is 0 Å². The molecule has 0 aromatic heterocycles. The summed E-state index contributed by atoms with van der Waals surface area (Å²) in [5, 5.41) is 19.5. The lowest BCUT2D eigenvalue weighted by Gasteiger charge is -2.40. The molecule has 0 saturated carbocycles. The highest BCUT2D eigenvalue weighted by Gasteiger charge is 2.53. The van der Waals surface area contributed by atoms with E-state index in [0.29, 0.717) is 35.8 Å². The molecule has 2 saturated heterocycles. The van der Waals surface area contributed by atoms with Crippen LogP contribution in [0.1, 0.15) is 46.0 Å². The molecule has 2 heterocycles. The quantitative estimate of drug-likeness (QED) is 0.171. The zero-order valence-corrected chi connectivity index (χ0v) is 25.2. The SMILES string of the molecule is CON1C(=O)CCC(=O)[C@]1(C)C(=O)N[C@@H](C)C(=O)N1CCC[C@H]1C(=O)N[C@@H](CCSC)C(=O)Nc1ccc([N+](=O)[O-])cc1. The van der Waals surface area contributed by atoms with Crippen molar-refractivity contribution in [2.45, 2.75) is 69.6 Å². The molecule has 1 aromatic rings. The fourth-order valence-corrected chi connectivity index (χ4v) is 5.52. The molecule has 43 heavy (non-hydrogen) atoms. The average Bonchev–Trinajstić information content (AvgIpc) is 3.47. The number of hydrogen-bond donors (Lipinski definition) is 3. The standard InChI is InChI=1S/C27H36N6O9S/c1-16(28-26(39)27(2)21(34)11-12-22(35)32(27)42-3)25(38)31-14-5-6-20(31)24(37)30-19(13-15-43-4)23(36)29-17-7-9-18(10-8-17)33(40)41/h7-10,16,19-20H,5-6,11-15H2,1-4H3,(H,28,39)(H,29,36)(H,30,37)/t16-,19-,20-,27+/m0/s1. The summed E-state index contributed by atoms with van der Waals surface area (Å²) in [6, 6.07) is 2.29. The number of ketones is 1. The van der Waals surface area contributed by atoms with Gasteiger partial charge in [0, 0.05) is 37.2 Å². The number of piperidine rings is 1. The number of likely N-dealkylation sites (tertiary alicyclic amines) is 1. The minimum atomic E-state index is -1.96. The molecule has 0 radical (unpaired) electrons. The fourth-order valence-electron chi connectivity index (χ4n) is 5.05. The number of Topliss-reactive ketones (excluding diaryl/α,β-unsaturated/α-hetero) is 1. The van der Waals surface area contributed by atoms with Gasteiger partial charge < -0.3 is 20.9 Å². The second-order valence-electron chi connectivity index (χ2n) is 10.4. The van der Waals surface area contributed by atoms with Gasteiger partial charge in [-0.2, -0.15) is 16.8 Å². The highest BCUT2D eigenvalue weighted by Crippen LogP contribution is 2.27. The minimum Gasteiger partial charge on any atom is -0.342 e. The van der Waals surface area contributed by atoms with Crippen molar-refractivity contribution in [1.82, 2.24) is 20.6 Å². The molecule has 234 valence electrons. The summed E-state index contributed by atoms with van der Waals surface area (Å²) in [6.45, 7) is 2.91. The van der Waals surface area contributed by atoms with Crippen molar-refractivity contribution in [3.05, 3.63) is 34.4 Å². The van der Waals surface area contributed by atoms with Crippen LogP contribution in [-0.4, -0.2) is 99.5 Å². The molecule has 0 aliphatic carbocycles. The fraction of sp³-hybridized carbons (Fsp3) is 0.556. The Morgan fingerprint density at radius 1 is 1.16 bits per heavy atom. The molecule has 0 unspecified atom stereocenters. The van der Waals surface area contributed by atoms with E-state index in [-0.39, 0.29) is 25.1 Å². The van der Waals surface area contributed by atoms with E-state index in [4.69, 9.17) is 4.84 Å². The summed E-state index contributed by atoms with van der Waals surface area (Å²) in [6.07, 6.45) is 2.74. The summed E-state index contributed by atoms with van der Waals surface area (Å²) in [5.74, 6) is -3.03. The van der Waals surface area contributed by atoms with E-state index in [9.17, 15) is 38.9 Å². The van der Waals surface area contributed by atoms with Crippen LogP contribution in [0.15, 0.2) is 24.3 Å². The molecular weight excluding hydrogens is 584 g/mol. The van der Waals surface area contributed by atoms with Crippen molar-refractivity contribution < 1.29 is 38.5 Å². The third-order valence-electron chi connectivity index (χ3n) is 7.51. The lowest BCUT2D eigenvalue weighted by Crippen LogP contribution is -2.67. The van der Waals surface area contributed by atoms with Gasteiger partial charge in [0.25, 0.3) is 11.6 Å². The van der Waals surface area contributed by atoms with E-state index in [1.807, 2.05) is 6.26 Å². The lowest BCUT2D eigenvalue weighted by atomic mass is 9.87. The molecular formula is C27H36N6O9S. The molecule has 0 bridgehead atoms. The number of non-ortho nitro benzene ring substituents is 1. The first-order valence-electron chi connectivity index (χ1n) is 13.7. The van der Waals surface area contributed by atoms with Crippen LogP contribution in [0.5, 0.6) is 0 Å². The van der Waals surface area contributed by atoms with Crippen molar-refractivity contribution in [3.63, 3.8) is 0 Å². The molecule has 4 atom stereocenters. The summed E-state index contributed by atoms with van der Waals surface area (Å²) in [7, 11) is 1.17. The number of nitrogens with one attached hydrogen (secondary N) is 3. The number of nitro groups is 1. The van der Waals surface area contributed by atoms with E-state index < -0.39 is 63.9 Å². The Kier molecular flexibility index (Phi) is 11.2. The summed E-state index contributed by atoms with van der Waals surface area (Å²) >= 11 is 1.48. The molecule has 3 rings (SSSR count). The molecule has 1 aromatic carbocycles. The Morgan fingerprint density at radius 2 is 1.84 bits per heavy atom. The van der Waals surface area contributed by atoms with Crippen molar-refractivity contribution in [3.8, 4) is 0 Å². The van der Waals surface area contributed by atoms with Crippen molar-refractivity contribution in [2.75, 3.05) is 31.0 Å². The number of rotatable bonds is 12. The maximum Gasteiger partial charge on any atom is 0.269 e. The van der Waals surface area contributed by atoms with Crippen LogP contribution in [0.2, 0.25) is 0 Å². The predicted octanol–water partition coefficient (Wildman–Crippen LogP) is 0.779. The summed E-state index contributed by atoms with van der Waals surface area (Å²) in [4.78, 5) is 94.6. The number of anilines is 1. The van der Waals surface area contributed by atoms with Gasteiger partial charge in [-0.15, -0.1) is 0 Å². The first-order valence-corrected chi connectivity index (χ1v) is 15.1. The van der Waals surface area contributed by atoms with E-state index in [1.165, 1.54) is 61.9 Å². The van der Waals surface area contributed by atoms with E-state index in [2.05, 4.69) is 16.0 Å². The van der Waals surface area contributed by atoms with Crippen LogP contribution in [-0.2, 0) is 33.6 Å². The first-order chi connectivity index (χ1) is 20.3. The maximum absolute atomic E-state index is 13.4. The number of hydroxylamine groups is 2. The second-order valence-corrected chi connectivity index (χ2v) is 11.4. The number of carbonyl (C=O) groups is 6. The van der Waals surface area contributed by atoms with Crippen LogP contribution >= 0.6 is 11.8 Å². The lowest BCUT2D eigenvalue weighted by molar-refractivity contribution is -0.384. The normalized spacial score (nSPS) is 21.6. The third kappa shape index (κ3) is 7.48. The van der Waals surface area contributed by atoms with Gasteiger partial charge in [0.15, 0.2) is 5.78 Å². The Morgan fingerprint density at radius 3 is 2.44 bits per heavy atom. The van der Waals surface area contributed by atoms with Gasteiger partial charge in [0.1, 0.15) is 18.1 Å². The molecule has 2 aliphatic heterocycles.